The van der Waals surface area contributed by atoms with E-state index in [2.05, 4.69) is 25.5 Å². The number of nitrogens with zero attached hydrogens (tertiary/aromatic N) is 5. The molecule has 0 bridgehead atoms. The van der Waals surface area contributed by atoms with E-state index in [9.17, 15) is 13.2 Å². The lowest BCUT2D eigenvalue weighted by atomic mass is 10.0. The monoisotopic (exact) mass is 486 g/mol. The summed E-state index contributed by atoms with van der Waals surface area (Å²) in [5, 5.41) is 16.4. The van der Waals surface area contributed by atoms with Crippen molar-refractivity contribution >= 4 is 16.7 Å². The van der Waals surface area contributed by atoms with Crippen molar-refractivity contribution in [1.82, 2.24) is 24.9 Å². The van der Waals surface area contributed by atoms with Crippen molar-refractivity contribution in [2.45, 2.75) is 31.5 Å². The maximum Gasteiger partial charge on any atom is 0.420 e. The van der Waals surface area contributed by atoms with E-state index in [4.69, 9.17) is 4.74 Å². The molecule has 2 aliphatic heterocycles. The molecule has 35 heavy (non-hydrogen) atoms. The average Bonchev–Trinajstić information content (AvgIpc) is 3.57. The smallest absolute Gasteiger partial charge is 0.381 e. The predicted molar refractivity (Wildman–Crippen MR) is 126 cm³/mol. The number of aromatic nitrogens is 4. The summed E-state index contributed by atoms with van der Waals surface area (Å²) < 4.78 is 49.2. The molecule has 3 aliphatic rings. The fourth-order valence-electron chi connectivity index (χ4n) is 6.11. The standard InChI is InChI=1S/C25H29F3N6O/c1-33-11-19-6-16(2-3-22(19)32-33)23-9-21(25(26,27)28)24(31-30-23)29-20-7-17-12-34(13-18(17)8-20)10-15-4-5-35-14-15/h2-3,6,9,11,15,17-18,20H,4-5,7-8,10,12-14H2,1H3,(H,29,31)/t15-,17-,18+,20+/m1/s1. The van der Waals surface area contributed by atoms with Crippen LogP contribution in [-0.2, 0) is 18.0 Å². The molecule has 1 aromatic carbocycles. The van der Waals surface area contributed by atoms with Gasteiger partial charge in [0.1, 0.15) is 5.56 Å². The van der Waals surface area contributed by atoms with Crippen molar-refractivity contribution in [3.05, 3.63) is 36.0 Å². The molecule has 0 radical (unpaired) electrons. The highest BCUT2D eigenvalue weighted by Crippen LogP contribution is 2.42. The lowest BCUT2D eigenvalue weighted by Gasteiger charge is -2.23. The van der Waals surface area contributed by atoms with Crippen LogP contribution in [0.25, 0.3) is 22.2 Å². The molecule has 2 aromatic heterocycles. The number of nitrogens with one attached hydrogen (secondary N) is 1. The third-order valence-electron chi connectivity index (χ3n) is 7.72. The highest BCUT2D eigenvalue weighted by atomic mass is 19.4. The normalized spacial score (nSPS) is 27.1. The molecule has 1 aliphatic carbocycles. The summed E-state index contributed by atoms with van der Waals surface area (Å²) in [4.78, 5) is 2.51. The Bertz CT molecular complexity index is 1210. The van der Waals surface area contributed by atoms with Gasteiger partial charge in [-0.15, -0.1) is 10.2 Å². The molecule has 0 spiro atoms. The molecule has 7 nitrogen and oxygen atoms in total. The summed E-state index contributed by atoms with van der Waals surface area (Å²) in [5.41, 5.74) is 0.788. The number of fused-ring (bicyclic) bond motifs is 2. The number of alkyl halides is 3. The quantitative estimate of drug-likeness (QED) is 0.583. The van der Waals surface area contributed by atoms with Crippen molar-refractivity contribution in [1.29, 1.82) is 0 Å². The van der Waals surface area contributed by atoms with Gasteiger partial charge in [-0.05, 0) is 55.2 Å². The Hall–Kier alpha value is -2.72. The Morgan fingerprint density at radius 3 is 2.63 bits per heavy atom. The molecule has 3 fully saturated rings. The van der Waals surface area contributed by atoms with Gasteiger partial charge in [0.25, 0.3) is 0 Å². The zero-order valence-corrected chi connectivity index (χ0v) is 19.6. The highest BCUT2D eigenvalue weighted by molar-refractivity contribution is 5.83. The molecule has 10 heteroatoms. The minimum atomic E-state index is -4.53. The summed E-state index contributed by atoms with van der Waals surface area (Å²) >= 11 is 0. The molecule has 4 atom stereocenters. The fraction of sp³-hybridized carbons (Fsp3) is 0.560. The molecule has 2 saturated heterocycles. The number of halogens is 3. The summed E-state index contributed by atoms with van der Waals surface area (Å²) in [6, 6.07) is 6.39. The molecule has 1 N–H and O–H groups in total. The van der Waals surface area contributed by atoms with Gasteiger partial charge in [-0.3, -0.25) is 4.68 Å². The molecule has 3 aromatic rings. The number of ether oxygens (including phenoxy) is 1. The van der Waals surface area contributed by atoms with E-state index in [1.807, 2.05) is 6.20 Å². The van der Waals surface area contributed by atoms with Gasteiger partial charge in [0.05, 0.1) is 17.8 Å². The van der Waals surface area contributed by atoms with Crippen LogP contribution in [0, 0.1) is 17.8 Å². The lowest BCUT2D eigenvalue weighted by molar-refractivity contribution is -0.137. The number of hydrogen-bond acceptors (Lipinski definition) is 6. The molecule has 186 valence electrons. The zero-order chi connectivity index (χ0) is 24.2. The van der Waals surface area contributed by atoms with Crippen molar-refractivity contribution < 1.29 is 17.9 Å². The number of aryl methyl sites for hydroxylation is 1. The van der Waals surface area contributed by atoms with Gasteiger partial charge in [-0.2, -0.15) is 18.3 Å². The number of rotatable bonds is 5. The van der Waals surface area contributed by atoms with E-state index < -0.39 is 11.7 Å². The predicted octanol–water partition coefficient (Wildman–Crippen LogP) is 4.21. The Balaban J connectivity index is 1.17. The molecule has 1 saturated carbocycles. The van der Waals surface area contributed by atoms with Crippen LogP contribution in [0.15, 0.2) is 30.5 Å². The first kappa shape index (κ1) is 22.7. The summed E-state index contributed by atoms with van der Waals surface area (Å²) in [6.45, 7) is 4.82. The van der Waals surface area contributed by atoms with Crippen molar-refractivity contribution in [3.63, 3.8) is 0 Å². The first-order chi connectivity index (χ1) is 16.8. The van der Waals surface area contributed by atoms with Crippen molar-refractivity contribution in [3.8, 4) is 11.3 Å². The van der Waals surface area contributed by atoms with Crippen LogP contribution < -0.4 is 5.32 Å². The van der Waals surface area contributed by atoms with Crippen LogP contribution in [-0.4, -0.2) is 63.8 Å². The topological polar surface area (TPSA) is 68.1 Å². The number of anilines is 1. The maximum atomic E-state index is 14.0. The Labute approximate surface area is 201 Å². The number of benzene rings is 1. The Morgan fingerprint density at radius 2 is 1.91 bits per heavy atom. The van der Waals surface area contributed by atoms with E-state index in [1.54, 1.807) is 29.9 Å². The largest absolute Gasteiger partial charge is 0.420 e. The SMILES string of the molecule is Cn1cc2cc(-c3cc(C(F)(F)F)c(N[C@H]4C[C@@H]5CN(C[C@H]6CCOC6)C[C@@H]5C4)nn3)ccc2n1. The second kappa shape index (κ2) is 8.74. The van der Waals surface area contributed by atoms with Crippen LogP contribution in [0.2, 0.25) is 0 Å². The molecule has 0 amide bonds. The van der Waals surface area contributed by atoms with Gasteiger partial charge >= 0.3 is 6.18 Å². The molecular weight excluding hydrogens is 457 g/mol. The number of likely N-dealkylation sites (tertiary alicyclic amines) is 1. The van der Waals surface area contributed by atoms with E-state index in [1.165, 1.54) is 0 Å². The highest BCUT2D eigenvalue weighted by Gasteiger charge is 2.43. The van der Waals surface area contributed by atoms with Crippen molar-refractivity contribution in [2.75, 3.05) is 38.2 Å². The Morgan fingerprint density at radius 1 is 1.11 bits per heavy atom. The van der Waals surface area contributed by atoms with Gasteiger partial charge in [0, 0.05) is 56.5 Å². The first-order valence-electron chi connectivity index (χ1n) is 12.3. The van der Waals surface area contributed by atoms with Crippen molar-refractivity contribution in [2.24, 2.45) is 24.8 Å². The minimum absolute atomic E-state index is 0.0186. The lowest BCUT2D eigenvalue weighted by Crippen LogP contribution is -2.30. The van der Waals surface area contributed by atoms with Crippen LogP contribution in [0.1, 0.15) is 24.8 Å². The molecule has 0 unspecified atom stereocenters. The van der Waals surface area contributed by atoms with Gasteiger partial charge < -0.3 is 15.0 Å². The molecular formula is C25H29F3N6O. The van der Waals surface area contributed by atoms with E-state index >= 15 is 0 Å². The Kier molecular flexibility index (Phi) is 5.68. The third kappa shape index (κ3) is 4.61. The van der Waals surface area contributed by atoms with Crippen LogP contribution in [0.4, 0.5) is 19.0 Å². The molecule has 6 rings (SSSR count). The minimum Gasteiger partial charge on any atom is -0.381 e. The second-order valence-corrected chi connectivity index (χ2v) is 10.3. The van der Waals surface area contributed by atoms with E-state index in [0.717, 1.165) is 69.1 Å². The zero-order valence-electron chi connectivity index (χ0n) is 19.6. The summed E-state index contributed by atoms with van der Waals surface area (Å²) in [5.74, 6) is 1.48. The summed E-state index contributed by atoms with van der Waals surface area (Å²) in [7, 11) is 1.81. The van der Waals surface area contributed by atoms with Gasteiger partial charge in [0.15, 0.2) is 5.82 Å². The average molecular weight is 487 g/mol. The second-order valence-electron chi connectivity index (χ2n) is 10.3. The van der Waals surface area contributed by atoms with Gasteiger partial charge in [-0.1, -0.05) is 6.07 Å². The van der Waals surface area contributed by atoms with E-state index in [0.29, 0.717) is 23.3 Å². The first-order valence-corrected chi connectivity index (χ1v) is 12.3. The number of hydrogen-bond donors (Lipinski definition) is 1. The van der Waals surface area contributed by atoms with Gasteiger partial charge in [0.2, 0.25) is 0 Å². The molecule has 4 heterocycles. The van der Waals surface area contributed by atoms with Crippen LogP contribution in [0.5, 0.6) is 0 Å². The van der Waals surface area contributed by atoms with Crippen LogP contribution in [0.3, 0.4) is 0 Å². The van der Waals surface area contributed by atoms with Crippen LogP contribution >= 0.6 is 0 Å². The van der Waals surface area contributed by atoms with E-state index in [-0.39, 0.29) is 17.6 Å². The maximum absolute atomic E-state index is 14.0. The fourth-order valence-corrected chi connectivity index (χ4v) is 6.11. The third-order valence-corrected chi connectivity index (χ3v) is 7.72. The van der Waals surface area contributed by atoms with Gasteiger partial charge in [-0.25, -0.2) is 0 Å². The summed E-state index contributed by atoms with van der Waals surface area (Å²) in [6.07, 6.45) is 0.148.